The van der Waals surface area contributed by atoms with Crippen molar-refractivity contribution in [1.82, 2.24) is 0 Å². The Kier molecular flexibility index (Phi) is 3.85. The van der Waals surface area contributed by atoms with Gasteiger partial charge >= 0.3 is 0 Å². The van der Waals surface area contributed by atoms with Crippen molar-refractivity contribution < 1.29 is 5.11 Å². The molecule has 104 valence electrons. The summed E-state index contributed by atoms with van der Waals surface area (Å²) in [5.41, 5.74) is 3.21. The largest absolute Gasteiger partial charge is 0.508 e. The number of anilines is 1. The predicted molar refractivity (Wildman–Crippen MR) is 87.0 cm³/mol. The van der Waals surface area contributed by atoms with Crippen LogP contribution >= 0.6 is 39.1 Å². The summed E-state index contributed by atoms with van der Waals surface area (Å²) in [6.07, 6.45) is 1.92. The molecule has 3 rings (SSSR count). The van der Waals surface area contributed by atoms with Crippen molar-refractivity contribution in [2.45, 2.75) is 18.9 Å². The molecule has 5 heteroatoms. The van der Waals surface area contributed by atoms with E-state index in [1.807, 2.05) is 24.3 Å². The smallest absolute Gasteiger partial charge is 0.115 e. The van der Waals surface area contributed by atoms with Gasteiger partial charge in [0, 0.05) is 4.47 Å². The van der Waals surface area contributed by atoms with E-state index in [0.29, 0.717) is 15.8 Å². The van der Waals surface area contributed by atoms with Gasteiger partial charge in [-0.05, 0) is 64.2 Å². The maximum absolute atomic E-state index is 9.52. The van der Waals surface area contributed by atoms with Crippen LogP contribution in [0.1, 0.15) is 23.6 Å². The lowest BCUT2D eigenvalue weighted by Gasteiger charge is -2.17. The number of nitrogens with one attached hydrogen (secondary N) is 1. The first-order valence-electron chi connectivity index (χ1n) is 6.28. The summed E-state index contributed by atoms with van der Waals surface area (Å²) in [6, 6.07) is 9.49. The lowest BCUT2D eigenvalue weighted by molar-refractivity contribution is 0.474. The molecule has 0 aromatic heterocycles. The highest BCUT2D eigenvalue weighted by Gasteiger charge is 2.23. The molecular formula is C15H12BrCl2NO. The van der Waals surface area contributed by atoms with Crippen molar-refractivity contribution in [2.75, 3.05) is 5.32 Å². The normalized spacial score (nSPS) is 17.1. The maximum Gasteiger partial charge on any atom is 0.115 e. The molecule has 0 amide bonds. The zero-order valence-corrected chi connectivity index (χ0v) is 13.6. The number of phenolic OH excluding ortho intramolecular Hbond substituents is 1. The first kappa shape index (κ1) is 14.1. The van der Waals surface area contributed by atoms with Crippen LogP contribution in [0.5, 0.6) is 5.75 Å². The molecule has 2 nitrogen and oxygen atoms in total. The molecule has 1 aliphatic rings. The van der Waals surface area contributed by atoms with Crippen LogP contribution in [0, 0.1) is 0 Å². The highest BCUT2D eigenvalue weighted by atomic mass is 79.9. The highest BCUT2D eigenvalue weighted by molar-refractivity contribution is 9.10. The van der Waals surface area contributed by atoms with Gasteiger partial charge in [-0.1, -0.05) is 29.3 Å². The van der Waals surface area contributed by atoms with Gasteiger partial charge in [0.05, 0.1) is 21.8 Å². The lowest BCUT2D eigenvalue weighted by atomic mass is 10.1. The molecule has 0 saturated carbocycles. The van der Waals surface area contributed by atoms with Crippen LogP contribution in [-0.2, 0) is 6.42 Å². The Morgan fingerprint density at radius 1 is 1.15 bits per heavy atom. The zero-order chi connectivity index (χ0) is 14.3. The fraction of sp³-hybridized carbons (Fsp3) is 0.200. The Morgan fingerprint density at radius 3 is 2.75 bits per heavy atom. The van der Waals surface area contributed by atoms with Gasteiger partial charge in [0.2, 0.25) is 0 Å². The fourth-order valence-corrected chi connectivity index (χ4v) is 3.41. The third-order valence-electron chi connectivity index (χ3n) is 3.57. The van der Waals surface area contributed by atoms with Crippen molar-refractivity contribution in [3.05, 3.63) is 56.0 Å². The summed E-state index contributed by atoms with van der Waals surface area (Å²) in [7, 11) is 0. The molecule has 1 aliphatic carbocycles. The minimum absolute atomic E-state index is 0.195. The summed E-state index contributed by atoms with van der Waals surface area (Å²) in [5, 5.41) is 14.0. The molecule has 2 N–H and O–H groups in total. The zero-order valence-electron chi connectivity index (χ0n) is 10.5. The minimum atomic E-state index is 0.195. The number of rotatable bonds is 2. The van der Waals surface area contributed by atoms with Crippen LogP contribution < -0.4 is 5.32 Å². The van der Waals surface area contributed by atoms with Crippen molar-refractivity contribution >= 4 is 44.8 Å². The second-order valence-corrected chi connectivity index (χ2v) is 6.45. The van der Waals surface area contributed by atoms with Gasteiger partial charge < -0.3 is 10.4 Å². The van der Waals surface area contributed by atoms with E-state index in [9.17, 15) is 5.11 Å². The summed E-state index contributed by atoms with van der Waals surface area (Å²) in [5.74, 6) is 0.314. The average molecular weight is 373 g/mol. The third-order valence-corrected chi connectivity index (χ3v) is 5.34. The number of aromatic hydroxyl groups is 1. The van der Waals surface area contributed by atoms with E-state index in [4.69, 9.17) is 23.2 Å². The number of fused-ring (bicyclic) bond motifs is 1. The van der Waals surface area contributed by atoms with E-state index in [1.165, 1.54) is 11.1 Å². The number of benzene rings is 2. The Hall–Kier alpha value is -0.900. The molecule has 1 unspecified atom stereocenters. The Balaban J connectivity index is 1.90. The average Bonchev–Trinajstić information content (AvgIpc) is 2.82. The molecule has 0 radical (unpaired) electrons. The molecule has 0 aliphatic heterocycles. The Morgan fingerprint density at radius 2 is 1.95 bits per heavy atom. The first-order valence-corrected chi connectivity index (χ1v) is 7.83. The van der Waals surface area contributed by atoms with Gasteiger partial charge in [0.1, 0.15) is 5.75 Å². The number of hydrogen-bond donors (Lipinski definition) is 2. The first-order chi connectivity index (χ1) is 9.56. The Bertz CT molecular complexity index is 675. The molecule has 0 saturated heterocycles. The van der Waals surface area contributed by atoms with Crippen LogP contribution in [0.2, 0.25) is 10.0 Å². The molecule has 20 heavy (non-hydrogen) atoms. The van der Waals surface area contributed by atoms with Crippen LogP contribution in [0.25, 0.3) is 0 Å². The van der Waals surface area contributed by atoms with E-state index in [-0.39, 0.29) is 6.04 Å². The van der Waals surface area contributed by atoms with E-state index in [1.54, 1.807) is 6.07 Å². The quantitative estimate of drug-likeness (QED) is 0.676. The van der Waals surface area contributed by atoms with Crippen molar-refractivity contribution in [3.8, 4) is 5.75 Å². The summed E-state index contributed by atoms with van der Waals surface area (Å²) in [6.45, 7) is 0. The second kappa shape index (κ2) is 5.47. The van der Waals surface area contributed by atoms with Crippen LogP contribution in [0.4, 0.5) is 5.69 Å². The van der Waals surface area contributed by atoms with Gasteiger partial charge in [-0.15, -0.1) is 0 Å². The second-order valence-electron chi connectivity index (χ2n) is 4.84. The van der Waals surface area contributed by atoms with E-state index < -0.39 is 0 Å². The van der Waals surface area contributed by atoms with Crippen molar-refractivity contribution in [1.29, 1.82) is 0 Å². The van der Waals surface area contributed by atoms with E-state index in [2.05, 4.69) is 21.2 Å². The van der Waals surface area contributed by atoms with E-state index in [0.717, 1.165) is 23.0 Å². The molecule has 0 bridgehead atoms. The fourth-order valence-electron chi connectivity index (χ4n) is 2.58. The molecule has 0 fully saturated rings. The van der Waals surface area contributed by atoms with Gasteiger partial charge in [-0.2, -0.15) is 0 Å². The maximum atomic E-state index is 9.52. The van der Waals surface area contributed by atoms with Gasteiger partial charge in [-0.3, -0.25) is 0 Å². The van der Waals surface area contributed by atoms with Crippen molar-refractivity contribution in [3.63, 3.8) is 0 Å². The lowest BCUT2D eigenvalue weighted by Crippen LogP contribution is -2.07. The molecular weight excluding hydrogens is 361 g/mol. The Labute approximate surface area is 135 Å². The molecule has 2 aromatic carbocycles. The predicted octanol–water partition coefficient (Wildman–Crippen LogP) is 5.56. The highest BCUT2D eigenvalue weighted by Crippen LogP contribution is 2.40. The monoisotopic (exact) mass is 371 g/mol. The molecule has 2 aromatic rings. The summed E-state index contributed by atoms with van der Waals surface area (Å²) >= 11 is 15.8. The number of halogens is 3. The van der Waals surface area contributed by atoms with Crippen LogP contribution in [0.15, 0.2) is 34.8 Å². The molecule has 0 heterocycles. The van der Waals surface area contributed by atoms with Gasteiger partial charge in [0.25, 0.3) is 0 Å². The number of hydrogen-bond acceptors (Lipinski definition) is 2. The van der Waals surface area contributed by atoms with Crippen LogP contribution in [-0.4, -0.2) is 5.11 Å². The third kappa shape index (κ3) is 2.50. The summed E-state index contributed by atoms with van der Waals surface area (Å²) in [4.78, 5) is 0. The number of phenols is 1. The van der Waals surface area contributed by atoms with Gasteiger partial charge in [-0.25, -0.2) is 0 Å². The van der Waals surface area contributed by atoms with E-state index >= 15 is 0 Å². The topological polar surface area (TPSA) is 32.3 Å². The summed E-state index contributed by atoms with van der Waals surface area (Å²) < 4.78 is 0.784. The molecule has 0 spiro atoms. The number of aryl methyl sites for hydroxylation is 1. The molecule has 1 atom stereocenters. The van der Waals surface area contributed by atoms with Crippen molar-refractivity contribution in [2.24, 2.45) is 0 Å². The SMILES string of the molecule is Oc1ccc2c(c1)CCC2Nc1ccc(Br)c(Cl)c1Cl. The standard InChI is InChI=1S/C15H12BrCl2NO/c16-11-4-6-13(15(18)14(11)17)19-12-5-1-8-7-9(20)2-3-10(8)12/h2-4,6-7,12,19-20H,1,5H2. The van der Waals surface area contributed by atoms with Crippen LogP contribution in [0.3, 0.4) is 0 Å². The van der Waals surface area contributed by atoms with Gasteiger partial charge in [0.15, 0.2) is 0 Å². The minimum Gasteiger partial charge on any atom is -0.508 e.